The van der Waals surface area contributed by atoms with Gasteiger partial charge in [-0.2, -0.15) is 43.9 Å². The third-order valence-electron chi connectivity index (χ3n) is 3.46. The predicted octanol–water partition coefficient (Wildman–Crippen LogP) is 2.94. The zero-order valence-corrected chi connectivity index (χ0v) is 15.7. The summed E-state index contributed by atoms with van der Waals surface area (Å²) in [6.45, 7) is -0.353. The standard InChI is InChI=1S/C10H6F12O5.CH4O.Rh/c1-4(11,12)2-24-7(15,16)6(8(17,18)25-2)9(19,20)26-3(5(13,14)23)27-10(6,21)22;1-2;/h2-3,23H,1H3;2H,1H3;. The summed E-state index contributed by atoms with van der Waals surface area (Å²) < 4.78 is 174. The summed E-state index contributed by atoms with van der Waals surface area (Å²) in [5.74, 6) is -4.74. The molecular formula is C11H10F12O6Rh. The van der Waals surface area contributed by atoms with Gasteiger partial charge >= 0.3 is 36.0 Å². The Hall–Kier alpha value is -0.457. The summed E-state index contributed by atoms with van der Waals surface area (Å²) in [4.78, 5) is 0. The van der Waals surface area contributed by atoms with Crippen molar-refractivity contribution in [3.8, 4) is 0 Å². The molecule has 2 rings (SSSR count). The van der Waals surface area contributed by atoms with Gasteiger partial charge in [-0.3, -0.25) is 18.9 Å². The molecule has 2 saturated heterocycles. The van der Waals surface area contributed by atoms with Gasteiger partial charge in [-0.05, 0) is 0 Å². The molecule has 2 N–H and O–H groups in total. The molecule has 0 saturated carbocycles. The number of alkyl halides is 12. The summed E-state index contributed by atoms with van der Waals surface area (Å²) in [6, 6.07) is 0. The Bertz CT molecular complexity index is 515. The molecule has 6 nitrogen and oxygen atoms in total. The van der Waals surface area contributed by atoms with Gasteiger partial charge < -0.3 is 10.2 Å². The first-order valence-electron chi connectivity index (χ1n) is 6.78. The van der Waals surface area contributed by atoms with E-state index in [0.29, 0.717) is 0 Å². The van der Waals surface area contributed by atoms with Gasteiger partial charge in [-0.1, -0.05) is 0 Å². The second-order valence-corrected chi connectivity index (χ2v) is 5.50. The molecule has 30 heavy (non-hydrogen) atoms. The zero-order valence-electron chi connectivity index (χ0n) is 14.1. The average molecular weight is 569 g/mol. The molecule has 1 spiro atoms. The fourth-order valence-corrected chi connectivity index (χ4v) is 2.30. The summed E-state index contributed by atoms with van der Waals surface area (Å²) >= 11 is 0. The van der Waals surface area contributed by atoms with Gasteiger partial charge in [0.2, 0.25) is 6.29 Å². The van der Waals surface area contributed by atoms with Gasteiger partial charge in [0.15, 0.2) is 0 Å². The van der Waals surface area contributed by atoms with Crippen LogP contribution in [0.15, 0.2) is 0 Å². The van der Waals surface area contributed by atoms with E-state index >= 15 is 0 Å². The molecule has 2 heterocycles. The van der Waals surface area contributed by atoms with E-state index < -0.39 is 54.5 Å². The maximum Gasteiger partial charge on any atom is 0.404 e. The Morgan fingerprint density at radius 2 is 0.867 bits per heavy atom. The van der Waals surface area contributed by atoms with Crippen LogP contribution in [0.25, 0.3) is 0 Å². The molecule has 2 aliphatic heterocycles. The van der Waals surface area contributed by atoms with Crippen LogP contribution in [0.4, 0.5) is 52.7 Å². The zero-order chi connectivity index (χ0) is 23.5. The smallest absolute Gasteiger partial charge is 0.400 e. The van der Waals surface area contributed by atoms with Gasteiger partial charge in [0.05, 0.1) is 0 Å². The van der Waals surface area contributed by atoms with E-state index in [0.717, 1.165) is 7.11 Å². The van der Waals surface area contributed by atoms with Crippen LogP contribution in [0.5, 0.6) is 0 Å². The topological polar surface area (TPSA) is 77.4 Å². The number of ether oxygens (including phenoxy) is 4. The van der Waals surface area contributed by atoms with E-state index in [1.807, 2.05) is 0 Å². The van der Waals surface area contributed by atoms with Crippen molar-refractivity contribution < 1.29 is 101 Å². The van der Waals surface area contributed by atoms with Crippen molar-refractivity contribution in [2.75, 3.05) is 7.11 Å². The number of rotatable bonds is 2. The van der Waals surface area contributed by atoms with Crippen LogP contribution in [-0.2, 0) is 38.4 Å². The molecule has 0 bridgehead atoms. The van der Waals surface area contributed by atoms with E-state index in [-0.39, 0.29) is 26.4 Å². The van der Waals surface area contributed by atoms with Crippen molar-refractivity contribution in [1.82, 2.24) is 0 Å². The molecule has 2 aliphatic rings. The monoisotopic (exact) mass is 569 g/mol. The van der Waals surface area contributed by atoms with Crippen molar-refractivity contribution >= 4 is 0 Å². The van der Waals surface area contributed by atoms with E-state index in [2.05, 4.69) is 18.9 Å². The Labute approximate surface area is 170 Å². The summed E-state index contributed by atoms with van der Waals surface area (Å²) in [5.41, 5.74) is -6.66. The number of aliphatic hydroxyl groups excluding tert-OH is 1. The minimum atomic E-state index is -6.67. The maximum absolute atomic E-state index is 14.0. The fraction of sp³-hybridized carbons (Fsp3) is 1.00. The summed E-state index contributed by atoms with van der Waals surface area (Å²) in [6.07, 6.45) is -40.6. The first-order chi connectivity index (χ1) is 12.6. The maximum atomic E-state index is 14.0. The van der Waals surface area contributed by atoms with E-state index in [4.69, 9.17) is 10.2 Å². The van der Waals surface area contributed by atoms with E-state index in [9.17, 15) is 52.7 Å². The van der Waals surface area contributed by atoms with E-state index in [1.165, 1.54) is 0 Å². The summed E-state index contributed by atoms with van der Waals surface area (Å²) in [5, 5.41) is 15.1. The SMILES string of the molecule is CC(F)(F)C1OC(F)(F)C2(C(F)(F)O1)C(F)(F)OC(C(O)(F)F)OC2(F)F.CO.[Rh]. The largest absolute Gasteiger partial charge is 0.404 e. The number of aliphatic hydroxyl groups is 2. The second-order valence-electron chi connectivity index (χ2n) is 5.50. The molecule has 1 radical (unpaired) electrons. The molecule has 0 aromatic carbocycles. The minimum Gasteiger partial charge on any atom is -0.400 e. The molecule has 19 heteroatoms. The van der Waals surface area contributed by atoms with Crippen molar-refractivity contribution in [3.05, 3.63) is 0 Å². The fourth-order valence-electron chi connectivity index (χ4n) is 2.30. The van der Waals surface area contributed by atoms with Crippen LogP contribution < -0.4 is 0 Å². The third kappa shape index (κ3) is 4.25. The van der Waals surface area contributed by atoms with Crippen molar-refractivity contribution in [1.29, 1.82) is 0 Å². The normalized spacial score (nSPS) is 34.4. The van der Waals surface area contributed by atoms with Crippen molar-refractivity contribution in [2.24, 2.45) is 5.41 Å². The second kappa shape index (κ2) is 8.15. The van der Waals surface area contributed by atoms with Crippen LogP contribution in [0.2, 0.25) is 0 Å². The third-order valence-corrected chi connectivity index (χ3v) is 3.46. The van der Waals surface area contributed by atoms with Crippen LogP contribution in [-0.4, -0.2) is 66.4 Å². The molecule has 0 amide bonds. The van der Waals surface area contributed by atoms with Gasteiger partial charge in [-0.25, -0.2) is 8.78 Å². The Morgan fingerprint density at radius 3 is 1.07 bits per heavy atom. The quantitative estimate of drug-likeness (QED) is 0.394. The molecule has 2 fully saturated rings. The number of halogens is 12. The first-order valence-corrected chi connectivity index (χ1v) is 6.78. The number of hydrogen-bond acceptors (Lipinski definition) is 6. The van der Waals surface area contributed by atoms with Gasteiger partial charge in [0, 0.05) is 33.5 Å². The first kappa shape index (κ1) is 29.5. The van der Waals surface area contributed by atoms with Crippen molar-refractivity contribution in [2.45, 2.75) is 56.0 Å². The van der Waals surface area contributed by atoms with Gasteiger partial charge in [-0.15, -0.1) is 0 Å². The molecule has 0 unspecified atom stereocenters. The van der Waals surface area contributed by atoms with Gasteiger partial charge in [0.1, 0.15) is 0 Å². The van der Waals surface area contributed by atoms with Crippen LogP contribution in [0.3, 0.4) is 0 Å². The molecule has 183 valence electrons. The Kier molecular flexibility index (Phi) is 8.03. The molecule has 0 aromatic heterocycles. The molecular weight excluding hydrogens is 559 g/mol. The summed E-state index contributed by atoms with van der Waals surface area (Å²) in [7, 11) is 1.00. The van der Waals surface area contributed by atoms with E-state index in [1.54, 1.807) is 0 Å². The molecule has 0 atom stereocenters. The van der Waals surface area contributed by atoms with Crippen LogP contribution >= 0.6 is 0 Å². The molecule has 0 aromatic rings. The predicted molar refractivity (Wildman–Crippen MR) is 60.1 cm³/mol. The van der Waals surface area contributed by atoms with Crippen molar-refractivity contribution in [3.63, 3.8) is 0 Å². The Balaban J connectivity index is 0.00000272. The minimum absolute atomic E-state index is 0. The van der Waals surface area contributed by atoms with Gasteiger partial charge in [0.25, 0.3) is 12.2 Å². The Morgan fingerprint density at radius 1 is 0.633 bits per heavy atom. The number of hydrogen-bond donors (Lipinski definition) is 2. The molecule has 0 aliphatic carbocycles. The average Bonchev–Trinajstić information content (AvgIpc) is 2.42. The van der Waals surface area contributed by atoms with Crippen LogP contribution in [0.1, 0.15) is 6.92 Å². The van der Waals surface area contributed by atoms with Crippen LogP contribution in [0, 0.1) is 5.41 Å².